The number of unbranched alkanes of at least 4 members (excludes halogenated alkanes) is 23. The summed E-state index contributed by atoms with van der Waals surface area (Å²) in [6.45, 7) is 4.52. The number of rotatable bonds is 28. The summed E-state index contributed by atoms with van der Waals surface area (Å²) < 4.78 is 33.1. The molecule has 4 heteroatoms. The van der Waals surface area contributed by atoms with E-state index >= 15 is 0 Å². The van der Waals surface area contributed by atoms with Crippen LogP contribution in [0.1, 0.15) is 187 Å². The maximum Gasteiger partial charge on any atom is 0.267 e. The Kier molecular flexibility index (Phi) is 25.9. The molecule has 1 atom stereocenters. The Hall–Kier alpha value is -0.0900. The molecule has 0 aliphatic carbocycles. The van der Waals surface area contributed by atoms with Gasteiger partial charge in [-0.2, -0.15) is 8.42 Å². The molecule has 0 spiro atoms. The molecule has 3 nitrogen and oxygen atoms in total. The Morgan fingerprint density at radius 3 is 0.824 bits per heavy atom. The first-order valence-corrected chi connectivity index (χ1v) is 17.0. The maximum absolute atomic E-state index is 11.7. The highest BCUT2D eigenvalue weighted by Gasteiger charge is 2.21. The molecule has 1 unspecified atom stereocenters. The van der Waals surface area contributed by atoms with E-state index in [1.165, 1.54) is 135 Å². The SMILES string of the molecule is CCCCCCCCCCCCCCCCCCC(CCCCCCCCCCC)S(=O)(=O)O. The summed E-state index contributed by atoms with van der Waals surface area (Å²) in [5.41, 5.74) is 0. The van der Waals surface area contributed by atoms with Crippen LogP contribution in [0.4, 0.5) is 0 Å². The molecule has 0 rings (SSSR count). The Morgan fingerprint density at radius 2 is 0.618 bits per heavy atom. The van der Waals surface area contributed by atoms with Crippen LogP contribution < -0.4 is 0 Å². The van der Waals surface area contributed by atoms with Crippen LogP contribution in [-0.2, 0) is 10.1 Å². The maximum atomic E-state index is 11.7. The lowest BCUT2D eigenvalue weighted by molar-refractivity contribution is 0.442. The average Bonchev–Trinajstić information content (AvgIpc) is 2.80. The van der Waals surface area contributed by atoms with Crippen LogP contribution in [0.3, 0.4) is 0 Å². The minimum absolute atomic E-state index is 0.538. The molecule has 0 saturated carbocycles. The molecule has 0 amide bonds. The minimum atomic E-state index is -3.89. The predicted octanol–water partition coefficient (Wildman–Crippen LogP) is 10.8. The van der Waals surface area contributed by atoms with E-state index in [1.807, 2.05) is 0 Å². The van der Waals surface area contributed by atoms with Gasteiger partial charge in [0, 0.05) is 0 Å². The molecule has 206 valence electrons. The third-order valence-corrected chi connectivity index (χ3v) is 8.74. The number of hydrogen-bond acceptors (Lipinski definition) is 2. The van der Waals surface area contributed by atoms with Crippen molar-refractivity contribution >= 4 is 10.1 Å². The van der Waals surface area contributed by atoms with Gasteiger partial charge in [-0.1, -0.05) is 174 Å². The first-order chi connectivity index (χ1) is 16.5. The van der Waals surface area contributed by atoms with Crippen molar-refractivity contribution in [3.05, 3.63) is 0 Å². The van der Waals surface area contributed by atoms with Crippen LogP contribution >= 0.6 is 0 Å². The van der Waals surface area contributed by atoms with Gasteiger partial charge >= 0.3 is 0 Å². The molecule has 1 N–H and O–H groups in total. The van der Waals surface area contributed by atoms with Gasteiger partial charge in [-0.05, 0) is 12.8 Å². The highest BCUT2D eigenvalue weighted by atomic mass is 32.2. The average molecular weight is 503 g/mol. The molecule has 0 bridgehead atoms. The monoisotopic (exact) mass is 502 g/mol. The van der Waals surface area contributed by atoms with Crippen molar-refractivity contribution in [2.75, 3.05) is 0 Å². The van der Waals surface area contributed by atoms with Gasteiger partial charge in [0.1, 0.15) is 0 Å². The van der Waals surface area contributed by atoms with E-state index in [4.69, 9.17) is 0 Å². The van der Waals surface area contributed by atoms with E-state index in [2.05, 4.69) is 13.8 Å². The van der Waals surface area contributed by atoms with Crippen molar-refractivity contribution < 1.29 is 13.0 Å². The van der Waals surface area contributed by atoms with Crippen LogP contribution in [0.25, 0.3) is 0 Å². The summed E-state index contributed by atoms with van der Waals surface area (Å²) in [5, 5.41) is -0.538. The van der Waals surface area contributed by atoms with Gasteiger partial charge in [0.2, 0.25) is 0 Å². The molecule has 0 aromatic heterocycles. The highest BCUT2D eigenvalue weighted by Crippen LogP contribution is 2.20. The fraction of sp³-hybridized carbons (Fsp3) is 1.00. The summed E-state index contributed by atoms with van der Waals surface area (Å²) in [4.78, 5) is 0. The van der Waals surface area contributed by atoms with Crippen LogP contribution in [0.15, 0.2) is 0 Å². The van der Waals surface area contributed by atoms with E-state index in [0.717, 1.165) is 25.7 Å². The van der Waals surface area contributed by atoms with E-state index < -0.39 is 15.4 Å². The summed E-state index contributed by atoms with van der Waals surface area (Å²) >= 11 is 0. The molecule has 0 saturated heterocycles. The van der Waals surface area contributed by atoms with Crippen LogP contribution in [-0.4, -0.2) is 18.2 Å². The summed E-state index contributed by atoms with van der Waals surface area (Å²) in [6.07, 6.45) is 33.6. The standard InChI is InChI=1S/C30H62O3S/c1-3-5-7-9-11-13-14-15-16-17-18-19-21-23-25-27-29-30(34(31,32)33)28-26-24-22-20-12-10-8-6-4-2/h30H,3-29H2,1-2H3,(H,31,32,33). The smallest absolute Gasteiger partial charge is 0.267 e. The van der Waals surface area contributed by atoms with Crippen molar-refractivity contribution in [1.82, 2.24) is 0 Å². The summed E-state index contributed by atoms with van der Waals surface area (Å²) in [5.74, 6) is 0. The lowest BCUT2D eigenvalue weighted by Gasteiger charge is -2.13. The highest BCUT2D eigenvalue weighted by molar-refractivity contribution is 7.86. The van der Waals surface area contributed by atoms with Gasteiger partial charge < -0.3 is 0 Å². The Morgan fingerprint density at radius 1 is 0.412 bits per heavy atom. The molecule has 0 aliphatic heterocycles. The van der Waals surface area contributed by atoms with Gasteiger partial charge in [-0.3, -0.25) is 4.55 Å². The van der Waals surface area contributed by atoms with Gasteiger partial charge in [-0.15, -0.1) is 0 Å². The Labute approximate surface area is 215 Å². The van der Waals surface area contributed by atoms with Crippen molar-refractivity contribution in [3.63, 3.8) is 0 Å². The first-order valence-electron chi connectivity index (χ1n) is 15.5. The zero-order valence-corrected chi connectivity index (χ0v) is 24.2. The largest absolute Gasteiger partial charge is 0.285 e. The fourth-order valence-electron chi connectivity index (χ4n) is 5.04. The first kappa shape index (κ1) is 33.9. The quantitative estimate of drug-likeness (QED) is 0.0854. The van der Waals surface area contributed by atoms with Crippen molar-refractivity contribution in [2.45, 2.75) is 192 Å². The van der Waals surface area contributed by atoms with E-state index in [9.17, 15) is 13.0 Å². The molecule has 0 aliphatic rings. The summed E-state index contributed by atoms with van der Waals surface area (Å²) in [6, 6.07) is 0. The van der Waals surface area contributed by atoms with Gasteiger partial charge in [0.15, 0.2) is 0 Å². The summed E-state index contributed by atoms with van der Waals surface area (Å²) in [7, 11) is -3.89. The number of hydrogen-bond donors (Lipinski definition) is 1. The molecule has 34 heavy (non-hydrogen) atoms. The normalized spacial score (nSPS) is 12.9. The molecule has 0 fully saturated rings. The molecule has 0 aromatic carbocycles. The third kappa shape index (κ3) is 25.0. The minimum Gasteiger partial charge on any atom is -0.285 e. The zero-order valence-electron chi connectivity index (χ0n) is 23.3. The predicted molar refractivity (Wildman–Crippen MR) is 151 cm³/mol. The molecule has 0 radical (unpaired) electrons. The van der Waals surface area contributed by atoms with Gasteiger partial charge in [0.25, 0.3) is 10.1 Å². The fourth-order valence-corrected chi connectivity index (χ4v) is 5.97. The van der Waals surface area contributed by atoms with Crippen molar-refractivity contribution in [1.29, 1.82) is 0 Å². The second-order valence-electron chi connectivity index (χ2n) is 10.8. The van der Waals surface area contributed by atoms with E-state index in [-0.39, 0.29) is 0 Å². The van der Waals surface area contributed by atoms with E-state index in [1.54, 1.807) is 0 Å². The molecule has 0 aromatic rings. The van der Waals surface area contributed by atoms with Crippen molar-refractivity contribution in [3.8, 4) is 0 Å². The second-order valence-corrected chi connectivity index (χ2v) is 12.5. The molecular weight excluding hydrogens is 440 g/mol. The van der Waals surface area contributed by atoms with Crippen LogP contribution in [0.2, 0.25) is 0 Å². The second kappa shape index (κ2) is 26.0. The lowest BCUT2D eigenvalue weighted by Crippen LogP contribution is -2.20. The lowest BCUT2D eigenvalue weighted by atomic mass is 10.0. The topological polar surface area (TPSA) is 54.4 Å². The molecule has 0 heterocycles. The van der Waals surface area contributed by atoms with Gasteiger partial charge in [0.05, 0.1) is 5.25 Å². The molecular formula is C30H62O3S. The van der Waals surface area contributed by atoms with E-state index in [0.29, 0.717) is 12.8 Å². The van der Waals surface area contributed by atoms with Gasteiger partial charge in [-0.25, -0.2) is 0 Å². The van der Waals surface area contributed by atoms with Crippen LogP contribution in [0.5, 0.6) is 0 Å². The third-order valence-electron chi connectivity index (χ3n) is 7.43. The Bertz CT molecular complexity index is 489. The Balaban J connectivity index is 3.52. The van der Waals surface area contributed by atoms with Crippen LogP contribution in [0, 0.1) is 0 Å². The zero-order chi connectivity index (χ0) is 25.2. The van der Waals surface area contributed by atoms with Crippen molar-refractivity contribution in [2.24, 2.45) is 0 Å².